The predicted octanol–water partition coefficient (Wildman–Crippen LogP) is 6.10. The van der Waals surface area contributed by atoms with Gasteiger partial charge in [-0.15, -0.1) is 0 Å². The van der Waals surface area contributed by atoms with Crippen LogP contribution in [-0.4, -0.2) is 16.6 Å². The second-order valence-electron chi connectivity index (χ2n) is 8.58. The van der Waals surface area contributed by atoms with E-state index in [0.29, 0.717) is 22.7 Å². The first-order valence-electron chi connectivity index (χ1n) is 10.4. The summed E-state index contributed by atoms with van der Waals surface area (Å²) in [6, 6.07) is 13.8. The largest absolute Gasteiger partial charge is 0.511 e. The van der Waals surface area contributed by atoms with Gasteiger partial charge in [0.15, 0.2) is 5.78 Å². The lowest BCUT2D eigenvalue weighted by Crippen LogP contribution is -2.46. The number of halogens is 1. The summed E-state index contributed by atoms with van der Waals surface area (Å²) in [6.07, 6.45) is 3.41. The topological polar surface area (TPSA) is 61.1 Å². The van der Waals surface area contributed by atoms with E-state index in [9.17, 15) is 9.90 Å². The Labute approximate surface area is 175 Å². The van der Waals surface area contributed by atoms with Crippen LogP contribution in [0.4, 0.5) is 0 Å². The number of aryl methyl sites for hydroxylation is 1. The third kappa shape index (κ3) is 2.78. The van der Waals surface area contributed by atoms with Crippen molar-refractivity contribution in [2.75, 3.05) is 0 Å². The molecule has 2 aromatic rings. The third-order valence-corrected chi connectivity index (χ3v) is 7.42. The van der Waals surface area contributed by atoms with E-state index in [4.69, 9.17) is 17.0 Å². The number of hydrogen-bond acceptors (Lipinski definition) is 3. The monoisotopic (exact) mass is 405 g/mol. The number of ketones is 1. The van der Waals surface area contributed by atoms with Crippen LogP contribution < -0.4 is 0 Å². The van der Waals surface area contributed by atoms with Crippen LogP contribution in [0.5, 0.6) is 0 Å². The Kier molecular flexibility index (Phi) is 4.40. The molecule has 0 spiro atoms. The van der Waals surface area contributed by atoms with Crippen molar-refractivity contribution >= 4 is 28.7 Å². The van der Waals surface area contributed by atoms with Crippen molar-refractivity contribution in [1.82, 2.24) is 0 Å². The molecule has 6 rings (SSSR count). The molecule has 4 heteroatoms. The van der Waals surface area contributed by atoms with Crippen LogP contribution in [0.1, 0.15) is 37.3 Å². The molecule has 2 bridgehead atoms. The van der Waals surface area contributed by atoms with Gasteiger partial charge in [-0.1, -0.05) is 42.8 Å². The molecule has 0 radical (unpaired) electrons. The Morgan fingerprint density at radius 2 is 1.79 bits per heavy atom. The summed E-state index contributed by atoms with van der Waals surface area (Å²) in [5, 5.41) is 20.2. The van der Waals surface area contributed by atoms with Gasteiger partial charge in [0.2, 0.25) is 0 Å². The Balaban J connectivity index is 1.64. The molecule has 148 valence electrons. The van der Waals surface area contributed by atoms with Gasteiger partial charge in [-0.2, -0.15) is 0 Å². The molecule has 0 aliphatic heterocycles. The van der Waals surface area contributed by atoms with Crippen LogP contribution in [-0.2, 0) is 11.2 Å². The van der Waals surface area contributed by atoms with E-state index in [1.54, 1.807) is 0 Å². The number of rotatable bonds is 3. The molecule has 0 amide bonds. The fraction of sp³-hybridized carbons (Fsp3) is 0.360. The minimum absolute atomic E-state index is 0.0241. The maximum Gasteiger partial charge on any atom is 0.170 e. The number of nitrogens with one attached hydrogen (secondary N) is 1. The number of carbonyl (C=O) groups is 1. The lowest BCUT2D eigenvalue weighted by Gasteiger charge is -2.45. The molecule has 2 aromatic carbocycles. The fourth-order valence-electron chi connectivity index (χ4n) is 5.76. The summed E-state index contributed by atoms with van der Waals surface area (Å²) in [4.78, 5) is 13.5. The van der Waals surface area contributed by atoms with E-state index in [-0.39, 0.29) is 35.2 Å². The van der Waals surface area contributed by atoms with E-state index in [2.05, 4.69) is 19.1 Å². The summed E-state index contributed by atoms with van der Waals surface area (Å²) in [6.45, 7) is 2.07. The van der Waals surface area contributed by atoms with Crippen molar-refractivity contribution < 1.29 is 9.90 Å². The number of Topliss-reactive ketones (excluding diaryl/α,β-unsaturated/α-hetero) is 1. The zero-order valence-electron chi connectivity index (χ0n) is 16.4. The van der Waals surface area contributed by atoms with Crippen LogP contribution in [0.2, 0.25) is 5.02 Å². The summed E-state index contributed by atoms with van der Waals surface area (Å²) >= 11 is 6.03. The molecule has 4 aliphatic rings. The normalized spacial score (nSPS) is 28.2. The van der Waals surface area contributed by atoms with Gasteiger partial charge < -0.3 is 10.5 Å². The average molecular weight is 406 g/mol. The highest BCUT2D eigenvalue weighted by Gasteiger charge is 2.56. The van der Waals surface area contributed by atoms with Gasteiger partial charge in [-0.3, -0.25) is 4.79 Å². The number of hydrogen-bond donors (Lipinski definition) is 2. The van der Waals surface area contributed by atoms with Crippen molar-refractivity contribution in [2.45, 2.75) is 32.6 Å². The highest BCUT2D eigenvalue weighted by Crippen LogP contribution is 2.56. The summed E-state index contributed by atoms with van der Waals surface area (Å²) in [7, 11) is 0. The van der Waals surface area contributed by atoms with Crippen LogP contribution in [0.3, 0.4) is 0 Å². The highest BCUT2D eigenvalue weighted by molar-refractivity contribution is 6.30. The van der Waals surface area contributed by atoms with Gasteiger partial charge in [-0.05, 0) is 72.1 Å². The number of carbonyl (C=O) groups excluding carboxylic acids is 1. The van der Waals surface area contributed by atoms with Crippen LogP contribution in [0.25, 0.3) is 16.7 Å². The van der Waals surface area contributed by atoms with Crippen LogP contribution in [0, 0.1) is 29.1 Å². The van der Waals surface area contributed by atoms with Crippen molar-refractivity contribution in [2.24, 2.45) is 23.7 Å². The third-order valence-electron chi connectivity index (χ3n) is 7.17. The molecule has 3 saturated carbocycles. The molecule has 3 nitrogen and oxygen atoms in total. The molecular weight excluding hydrogens is 382 g/mol. The number of benzene rings is 2. The second-order valence-corrected chi connectivity index (χ2v) is 9.02. The number of aliphatic hydroxyl groups is 1. The molecular formula is C25H24ClNO2. The van der Waals surface area contributed by atoms with E-state index >= 15 is 0 Å². The minimum atomic E-state index is -0.193. The molecule has 29 heavy (non-hydrogen) atoms. The van der Waals surface area contributed by atoms with E-state index in [1.807, 2.05) is 30.3 Å². The summed E-state index contributed by atoms with van der Waals surface area (Å²) in [5.74, 6) is 0.188. The predicted molar refractivity (Wildman–Crippen MR) is 116 cm³/mol. The standard InChI is InChI=1S/C25H24ClNO2/c1-2-13-3-4-15(14-5-8-17(26)9-6-14)11-19(13)23-24(28)21-16-7-10-18(20(27)12-16)22(21)25(23)29/h3-6,8-9,11,16,18,21-22,27,29H,2,7,10,12H2,1H3/t16-,18+,21+,22-/m1/s1. The number of allylic oxidation sites excluding steroid dienone is 2. The van der Waals surface area contributed by atoms with Gasteiger partial charge >= 0.3 is 0 Å². The smallest absolute Gasteiger partial charge is 0.170 e. The quantitative estimate of drug-likeness (QED) is 0.647. The van der Waals surface area contributed by atoms with Crippen molar-refractivity contribution in [1.29, 1.82) is 5.41 Å². The molecule has 3 fully saturated rings. The Morgan fingerprint density at radius 3 is 2.48 bits per heavy atom. The van der Waals surface area contributed by atoms with Gasteiger partial charge in [0.05, 0.1) is 5.57 Å². The van der Waals surface area contributed by atoms with Gasteiger partial charge in [-0.25, -0.2) is 0 Å². The maximum atomic E-state index is 13.5. The Hall–Kier alpha value is -2.39. The lowest BCUT2D eigenvalue weighted by molar-refractivity contribution is -0.121. The zero-order valence-corrected chi connectivity index (χ0v) is 17.2. The first kappa shape index (κ1) is 18.6. The summed E-state index contributed by atoms with van der Waals surface area (Å²) < 4.78 is 0. The van der Waals surface area contributed by atoms with Crippen molar-refractivity contribution in [3.8, 4) is 11.1 Å². The van der Waals surface area contributed by atoms with E-state index in [0.717, 1.165) is 41.5 Å². The summed E-state index contributed by atoms with van der Waals surface area (Å²) in [5.41, 5.74) is 5.17. The van der Waals surface area contributed by atoms with Gasteiger partial charge in [0.1, 0.15) is 5.76 Å². The maximum absolute atomic E-state index is 13.5. The second kappa shape index (κ2) is 6.84. The SMILES string of the molecule is CCc1ccc(-c2ccc(Cl)cc2)cc1C1=C(O)[C@H]2[C@@H](C1=O)[C@@H]1CC[C@H]2C(=N)C1. The first-order valence-corrected chi connectivity index (χ1v) is 10.8. The molecule has 0 saturated heterocycles. The van der Waals surface area contributed by atoms with Crippen LogP contribution in [0.15, 0.2) is 48.2 Å². The van der Waals surface area contributed by atoms with E-state index in [1.165, 1.54) is 0 Å². The number of aliphatic hydroxyl groups excluding tert-OH is 1. The Bertz CT molecular complexity index is 1050. The number of fused-ring (bicyclic) bond motifs is 2. The molecule has 2 N–H and O–H groups in total. The lowest BCUT2D eigenvalue weighted by atomic mass is 9.58. The average Bonchev–Trinajstić information content (AvgIpc) is 3.00. The molecule has 0 aromatic heterocycles. The highest BCUT2D eigenvalue weighted by atomic mass is 35.5. The van der Waals surface area contributed by atoms with Crippen LogP contribution >= 0.6 is 11.6 Å². The minimum Gasteiger partial charge on any atom is -0.511 e. The molecule has 0 heterocycles. The van der Waals surface area contributed by atoms with Gasteiger partial charge in [0.25, 0.3) is 0 Å². The van der Waals surface area contributed by atoms with Gasteiger partial charge in [0, 0.05) is 28.5 Å². The molecule has 0 unspecified atom stereocenters. The Morgan fingerprint density at radius 1 is 1.07 bits per heavy atom. The van der Waals surface area contributed by atoms with Crippen molar-refractivity contribution in [3.63, 3.8) is 0 Å². The first-order chi connectivity index (χ1) is 14.0. The fourth-order valence-corrected chi connectivity index (χ4v) is 5.88. The molecule has 4 atom stereocenters. The molecule has 4 aliphatic carbocycles. The van der Waals surface area contributed by atoms with Crippen molar-refractivity contribution in [3.05, 3.63) is 64.4 Å². The van der Waals surface area contributed by atoms with E-state index < -0.39 is 0 Å². The zero-order chi connectivity index (χ0) is 20.3.